The molecule has 2 bridgehead atoms. The van der Waals surface area contributed by atoms with Crippen molar-refractivity contribution in [1.29, 1.82) is 0 Å². The van der Waals surface area contributed by atoms with Crippen molar-refractivity contribution in [2.45, 2.75) is 50.4 Å². The number of aromatic nitrogens is 1. The van der Waals surface area contributed by atoms with Gasteiger partial charge in [0.2, 0.25) is 0 Å². The molecule has 1 aromatic heterocycles. The molecule has 4 rings (SSSR count). The number of fused-ring (bicyclic) bond motifs is 3. The molecule has 2 aromatic rings. The normalized spacial score (nSPS) is 29.9. The van der Waals surface area contributed by atoms with E-state index in [2.05, 4.69) is 34.1 Å². The monoisotopic (exact) mass is 268 g/mol. The maximum atomic E-state index is 9.88. The summed E-state index contributed by atoms with van der Waals surface area (Å²) in [5.74, 6) is 0. The highest BCUT2D eigenvalue weighted by Gasteiger charge is 2.39. The molecule has 3 heterocycles. The zero-order valence-corrected chi connectivity index (χ0v) is 11.6. The second kappa shape index (κ2) is 4.83. The third-order valence-electron chi connectivity index (χ3n) is 4.89. The van der Waals surface area contributed by atoms with Crippen LogP contribution in [0.25, 0.3) is 10.9 Å². The summed E-state index contributed by atoms with van der Waals surface area (Å²) in [6, 6.07) is 11.8. The largest absolute Gasteiger partial charge is 0.393 e. The highest BCUT2D eigenvalue weighted by atomic mass is 16.3. The molecule has 0 radical (unpaired) electrons. The number of hydrogen-bond donors (Lipinski definition) is 1. The van der Waals surface area contributed by atoms with Gasteiger partial charge >= 0.3 is 0 Å². The average Bonchev–Trinajstić information content (AvgIpc) is 2.70. The molecule has 1 N–H and O–H groups in total. The zero-order chi connectivity index (χ0) is 13.5. The minimum atomic E-state index is -0.0791. The van der Waals surface area contributed by atoms with Gasteiger partial charge in [0.15, 0.2) is 0 Å². The molecule has 2 atom stereocenters. The minimum Gasteiger partial charge on any atom is -0.393 e. The second-order valence-corrected chi connectivity index (χ2v) is 6.21. The first-order chi connectivity index (χ1) is 9.79. The van der Waals surface area contributed by atoms with E-state index in [0.29, 0.717) is 12.1 Å². The van der Waals surface area contributed by atoms with Crippen molar-refractivity contribution in [3.63, 3.8) is 0 Å². The number of aliphatic hydroxyl groups excluding tert-OH is 1. The van der Waals surface area contributed by atoms with Crippen LogP contribution in [0.15, 0.2) is 36.5 Å². The average molecular weight is 268 g/mol. The Morgan fingerprint density at radius 2 is 1.95 bits per heavy atom. The Morgan fingerprint density at radius 1 is 1.15 bits per heavy atom. The Balaban J connectivity index is 1.58. The predicted molar refractivity (Wildman–Crippen MR) is 79.3 cm³/mol. The molecular weight excluding hydrogens is 248 g/mol. The van der Waals surface area contributed by atoms with E-state index in [-0.39, 0.29) is 6.10 Å². The molecule has 1 aromatic carbocycles. The third kappa shape index (κ3) is 2.11. The highest BCUT2D eigenvalue weighted by molar-refractivity contribution is 5.78. The van der Waals surface area contributed by atoms with Crippen molar-refractivity contribution >= 4 is 10.9 Å². The fourth-order valence-electron chi connectivity index (χ4n) is 3.94. The summed E-state index contributed by atoms with van der Waals surface area (Å²) in [5, 5.41) is 11.1. The van der Waals surface area contributed by atoms with Gasteiger partial charge in [-0.15, -0.1) is 0 Å². The molecular formula is C17H20N2O. The number of pyridine rings is 1. The highest BCUT2D eigenvalue weighted by Crippen LogP contribution is 2.36. The van der Waals surface area contributed by atoms with E-state index in [9.17, 15) is 5.11 Å². The Morgan fingerprint density at radius 3 is 2.75 bits per heavy atom. The van der Waals surface area contributed by atoms with Gasteiger partial charge in [-0.25, -0.2) is 0 Å². The molecule has 2 aliphatic rings. The lowest BCUT2D eigenvalue weighted by molar-refractivity contribution is 0.0310. The third-order valence-corrected chi connectivity index (χ3v) is 4.89. The summed E-state index contributed by atoms with van der Waals surface area (Å²) in [6.07, 6.45) is 6.16. The fraction of sp³-hybridized carbons (Fsp3) is 0.471. The lowest BCUT2D eigenvalue weighted by atomic mass is 9.99. The van der Waals surface area contributed by atoms with E-state index in [1.807, 2.05) is 12.3 Å². The maximum Gasteiger partial charge on any atom is 0.0702 e. The molecule has 2 saturated heterocycles. The zero-order valence-electron chi connectivity index (χ0n) is 11.6. The molecule has 2 fully saturated rings. The van der Waals surface area contributed by atoms with Crippen molar-refractivity contribution in [2.75, 3.05) is 0 Å². The number of hydrogen-bond acceptors (Lipinski definition) is 3. The van der Waals surface area contributed by atoms with Crippen molar-refractivity contribution in [3.05, 3.63) is 42.1 Å². The number of benzene rings is 1. The summed E-state index contributed by atoms with van der Waals surface area (Å²) >= 11 is 0. The van der Waals surface area contributed by atoms with Gasteiger partial charge in [-0.05, 0) is 49.4 Å². The molecule has 2 aliphatic heterocycles. The van der Waals surface area contributed by atoms with Gasteiger partial charge in [-0.2, -0.15) is 0 Å². The number of nitrogens with zero attached hydrogens (tertiary/aromatic N) is 2. The SMILES string of the molecule is OC1CC2CCC(C1)N2Cc1ccc2ncccc2c1. The standard InChI is InChI=1S/C17H20N2O/c20-16-9-14-4-5-15(10-16)19(14)11-12-3-6-17-13(8-12)2-1-7-18-17/h1-3,6-8,14-16,20H,4-5,9-11H2. The number of aliphatic hydroxyl groups is 1. The molecule has 0 amide bonds. The van der Waals surface area contributed by atoms with Gasteiger partial charge in [0.1, 0.15) is 0 Å². The van der Waals surface area contributed by atoms with Crippen LogP contribution in [0, 0.1) is 0 Å². The minimum absolute atomic E-state index is 0.0791. The summed E-state index contributed by atoms with van der Waals surface area (Å²) in [5.41, 5.74) is 2.42. The van der Waals surface area contributed by atoms with E-state index >= 15 is 0 Å². The molecule has 0 spiro atoms. The molecule has 20 heavy (non-hydrogen) atoms. The Labute approximate surface area is 119 Å². The Kier molecular flexibility index (Phi) is 2.97. The molecule has 3 nitrogen and oxygen atoms in total. The summed E-state index contributed by atoms with van der Waals surface area (Å²) in [6.45, 7) is 1.01. The van der Waals surface area contributed by atoms with Crippen LogP contribution in [0.2, 0.25) is 0 Å². The molecule has 104 valence electrons. The van der Waals surface area contributed by atoms with E-state index in [1.165, 1.54) is 23.8 Å². The quantitative estimate of drug-likeness (QED) is 0.910. The van der Waals surface area contributed by atoms with Crippen LogP contribution in [0.4, 0.5) is 0 Å². The van der Waals surface area contributed by atoms with Gasteiger partial charge in [-0.3, -0.25) is 9.88 Å². The summed E-state index contributed by atoms with van der Waals surface area (Å²) in [4.78, 5) is 6.98. The Hall–Kier alpha value is -1.45. The molecule has 2 unspecified atom stereocenters. The smallest absolute Gasteiger partial charge is 0.0702 e. The van der Waals surface area contributed by atoms with Gasteiger partial charge in [0.25, 0.3) is 0 Å². The van der Waals surface area contributed by atoms with Crippen molar-refractivity contribution in [3.8, 4) is 0 Å². The van der Waals surface area contributed by atoms with Crippen LogP contribution in [0.1, 0.15) is 31.2 Å². The van der Waals surface area contributed by atoms with Crippen LogP contribution >= 0.6 is 0 Å². The van der Waals surface area contributed by atoms with Crippen molar-refractivity contribution in [2.24, 2.45) is 0 Å². The maximum absolute atomic E-state index is 9.88. The topological polar surface area (TPSA) is 36.4 Å². The first-order valence-corrected chi connectivity index (χ1v) is 7.57. The number of piperidine rings is 1. The van der Waals surface area contributed by atoms with Gasteiger partial charge in [0, 0.05) is 30.2 Å². The van der Waals surface area contributed by atoms with Crippen LogP contribution in [0.5, 0.6) is 0 Å². The van der Waals surface area contributed by atoms with E-state index in [4.69, 9.17) is 0 Å². The second-order valence-electron chi connectivity index (χ2n) is 6.21. The van der Waals surface area contributed by atoms with Gasteiger partial charge in [0.05, 0.1) is 11.6 Å². The van der Waals surface area contributed by atoms with E-state index in [1.54, 1.807) is 0 Å². The van der Waals surface area contributed by atoms with Gasteiger partial charge < -0.3 is 5.11 Å². The molecule has 3 heteroatoms. The van der Waals surface area contributed by atoms with E-state index in [0.717, 1.165) is 24.9 Å². The predicted octanol–water partition coefficient (Wildman–Crippen LogP) is 2.72. The summed E-state index contributed by atoms with van der Waals surface area (Å²) in [7, 11) is 0. The van der Waals surface area contributed by atoms with E-state index < -0.39 is 0 Å². The van der Waals surface area contributed by atoms with Gasteiger partial charge in [-0.1, -0.05) is 12.1 Å². The van der Waals surface area contributed by atoms with Crippen molar-refractivity contribution < 1.29 is 5.11 Å². The van der Waals surface area contributed by atoms with Crippen LogP contribution in [0.3, 0.4) is 0 Å². The summed E-state index contributed by atoms with van der Waals surface area (Å²) < 4.78 is 0. The lowest BCUT2D eigenvalue weighted by Crippen LogP contribution is -2.44. The number of rotatable bonds is 2. The molecule has 0 aliphatic carbocycles. The first-order valence-electron chi connectivity index (χ1n) is 7.57. The van der Waals surface area contributed by atoms with Crippen LogP contribution in [-0.2, 0) is 6.54 Å². The van der Waals surface area contributed by atoms with Crippen LogP contribution < -0.4 is 0 Å². The first kappa shape index (κ1) is 12.3. The molecule has 0 saturated carbocycles. The Bertz CT molecular complexity index is 613. The fourth-order valence-corrected chi connectivity index (χ4v) is 3.94. The van der Waals surface area contributed by atoms with Crippen molar-refractivity contribution in [1.82, 2.24) is 9.88 Å². The lowest BCUT2D eigenvalue weighted by Gasteiger charge is -2.37. The van der Waals surface area contributed by atoms with Crippen LogP contribution in [-0.4, -0.2) is 33.2 Å².